The summed E-state index contributed by atoms with van der Waals surface area (Å²) in [5.74, 6) is 0. The molecule has 0 bridgehead atoms. The minimum absolute atomic E-state index is 0.456. The Morgan fingerprint density at radius 3 is 0.800 bits per heavy atom. The Hall–Kier alpha value is -18.2. The Balaban J connectivity index is 0.000000117. The highest BCUT2D eigenvalue weighted by Crippen LogP contribution is 2.61. The zero-order valence-corrected chi connectivity index (χ0v) is 84.5. The average Bonchev–Trinajstić information content (AvgIpc) is 1.54. The molecule has 3 aromatic heterocycles. The van der Waals surface area contributed by atoms with Gasteiger partial charge in [0.25, 0.3) is 0 Å². The Bertz CT molecular complexity index is 9520. The number of nitriles is 2. The van der Waals surface area contributed by atoms with E-state index in [1.54, 1.807) is 0 Å². The second-order valence-electron chi connectivity index (χ2n) is 38.1. The number of benzene rings is 22. The summed E-state index contributed by atoms with van der Waals surface area (Å²) in [6.45, 7) is 7.38. The Labute approximate surface area is 879 Å². The second-order valence-corrected chi connectivity index (χ2v) is 44.0. The molecular weight excluding hydrogens is 1930 g/mol. The van der Waals surface area contributed by atoms with Crippen LogP contribution in [0, 0.1) is 29.2 Å². The van der Waals surface area contributed by atoms with Crippen LogP contribution < -0.4 is 31.8 Å². The van der Waals surface area contributed by atoms with E-state index in [1.165, 1.54) is 126 Å². The molecule has 708 valence electrons. The summed E-state index contributed by atoms with van der Waals surface area (Å²) in [5, 5.41) is 44.6. The van der Waals surface area contributed by atoms with Crippen LogP contribution in [0.1, 0.15) is 77.9 Å². The fourth-order valence-electron chi connectivity index (χ4n) is 24.4. The summed E-state index contributed by atoms with van der Waals surface area (Å²) in [5.41, 5.74) is 32.7. The van der Waals surface area contributed by atoms with Crippen molar-refractivity contribution in [1.29, 1.82) is 10.5 Å². The molecule has 0 spiro atoms. The molecule has 28 rings (SSSR count). The van der Waals surface area contributed by atoms with E-state index < -0.39 is 31.3 Å². The lowest BCUT2D eigenvalue weighted by atomic mass is 9.67. The van der Waals surface area contributed by atoms with Gasteiger partial charge in [0.2, 0.25) is 0 Å². The van der Waals surface area contributed by atoms with E-state index in [-0.39, 0.29) is 0 Å². The van der Waals surface area contributed by atoms with Gasteiger partial charge in [-0.15, -0.1) is 0 Å². The number of hydrogen-bond donors (Lipinski definition) is 2. The van der Waals surface area contributed by atoms with Gasteiger partial charge in [-0.05, 0) is 251 Å². The van der Waals surface area contributed by atoms with Crippen LogP contribution in [0.2, 0.25) is 0 Å². The summed E-state index contributed by atoms with van der Waals surface area (Å²) in [6.07, 6.45) is 0. The zero-order chi connectivity index (χ0) is 101. The highest BCUT2D eigenvalue weighted by Gasteiger charge is 2.50. The normalized spacial score (nSPS) is 12.9. The molecule has 12 heteroatoms. The quantitative estimate of drug-likeness (QED) is 0.0458. The molecule has 0 fully saturated rings. The number of para-hydroxylation sites is 3. The molecule has 22 aromatic carbocycles. The second kappa shape index (κ2) is 38.6. The van der Waals surface area contributed by atoms with E-state index in [9.17, 15) is 10.5 Å². The van der Waals surface area contributed by atoms with Crippen LogP contribution >= 0.6 is 31.0 Å². The molecular formula is C138H91BrN6O3P2. The maximum Gasteiger partial charge on any atom is 0.187 e. The molecule has 3 heterocycles. The highest BCUT2D eigenvalue weighted by atomic mass is 79.9. The van der Waals surface area contributed by atoms with E-state index in [0.29, 0.717) is 16.8 Å². The van der Waals surface area contributed by atoms with Gasteiger partial charge >= 0.3 is 0 Å². The van der Waals surface area contributed by atoms with Crippen LogP contribution in [0.25, 0.3) is 121 Å². The van der Waals surface area contributed by atoms with E-state index in [1.807, 2.05) is 133 Å². The third kappa shape index (κ3) is 14.9. The fourth-order valence-corrected chi connectivity index (χ4v) is 29.6. The minimum atomic E-state index is -3.17. The molecule has 2 N–H and O–H groups in total. The summed E-state index contributed by atoms with van der Waals surface area (Å²) >= 11 is 3.67. The largest absolute Gasteiger partial charge is 0.309 e. The van der Waals surface area contributed by atoms with Crippen molar-refractivity contribution in [3.63, 3.8) is 0 Å². The number of fused-ring (bicyclic) bond motifs is 18. The summed E-state index contributed by atoms with van der Waals surface area (Å²) in [4.78, 5) is 3.59. The lowest BCUT2D eigenvalue weighted by molar-refractivity contribution is -0.176. The predicted octanol–water partition coefficient (Wildman–Crippen LogP) is 31.9. The molecule has 25 aromatic rings. The standard InChI is InChI=1S/C50H33N2OP.C50H33N2P.C38H23BrN2.H2O2/c51-34-35-23-28-38(29-24-35)52-48-22-12-9-19-44(48)45-33-37(27-32-49(45)52)50(46-20-10-7-17-42(46)43-18-8-11-21-47(43)50)36-25-30-41(31-26-36)54(53,39-13-3-1-4-14-39)40-15-5-2-6-16-40;51-34-35-23-28-38(29-24-35)52-48-22-12-9-19-44(48)45-33-37(27-32-49(45)52)50(46-20-10-7-17-42(46)43-18-8-11-21-47(43)50)36-25-30-41(31-26-36)53(39-13-3-1-4-14-39)40-15-5-2-6-16-40;1-40-28-19-21-29(22-20-28)41-36-13-7-4-10-32(36)33-24-26(16-23-37(33)41)38(25-14-17-27(39)18-15-25)34-11-5-2-8-30(34)31-9-3-6-12-35(31)38;1-2/h1-33H;1-33H;2-24H;1-2H. The SMILES string of the molecule is N#Cc1ccc(-n2c3ccccc3c3cc(C4(c5ccc(P(=O)(c6ccccc6)c6ccccc6)cc5)c5ccccc5-c5ccccc54)ccc32)cc1.N#Cc1ccc(-n2c3ccccc3c3cc(C4(c5ccc(P(c6ccccc6)c6ccccc6)cc5)c5ccccc5-c5ccccc54)ccc32)cc1.OO.[C-]#[N+]c1ccc(-n2c3ccccc3c3cc(C4(c5ccc(Br)cc5)c5ccccc5-c5ccccc54)ccc32)cc1. The van der Waals surface area contributed by atoms with Gasteiger partial charge in [-0.3, -0.25) is 10.5 Å². The highest BCUT2D eigenvalue weighted by molar-refractivity contribution is 9.10. The number of halogens is 1. The number of aromatic nitrogens is 3. The van der Waals surface area contributed by atoms with Crippen molar-refractivity contribution in [1.82, 2.24) is 13.7 Å². The minimum Gasteiger partial charge on any atom is -0.309 e. The van der Waals surface area contributed by atoms with Gasteiger partial charge in [0.15, 0.2) is 12.8 Å². The number of nitrogens with zero attached hydrogens (tertiary/aromatic N) is 6. The van der Waals surface area contributed by atoms with Gasteiger partial charge in [-0.1, -0.05) is 428 Å². The van der Waals surface area contributed by atoms with Gasteiger partial charge in [0.05, 0.1) is 79.2 Å². The van der Waals surface area contributed by atoms with Crippen LogP contribution in [-0.2, 0) is 20.8 Å². The van der Waals surface area contributed by atoms with Crippen molar-refractivity contribution in [2.45, 2.75) is 16.2 Å². The maximum absolute atomic E-state index is 15.4. The Morgan fingerprint density at radius 1 is 0.253 bits per heavy atom. The van der Waals surface area contributed by atoms with E-state index in [4.69, 9.17) is 17.1 Å². The smallest absolute Gasteiger partial charge is 0.187 e. The maximum atomic E-state index is 15.4. The molecule has 0 atom stereocenters. The topological polar surface area (TPSA) is 124 Å². The third-order valence-electron chi connectivity index (χ3n) is 30.7. The van der Waals surface area contributed by atoms with Crippen LogP contribution in [-0.4, -0.2) is 24.2 Å². The number of hydrogen-bond acceptors (Lipinski definition) is 5. The van der Waals surface area contributed by atoms with Gasteiger partial charge in [0, 0.05) is 69.8 Å². The first-order valence-corrected chi connectivity index (χ1v) is 53.9. The monoisotopic (exact) mass is 2020 g/mol. The van der Waals surface area contributed by atoms with E-state index in [0.717, 1.165) is 92.4 Å². The first-order valence-electron chi connectivity index (χ1n) is 50.1. The summed E-state index contributed by atoms with van der Waals surface area (Å²) < 4.78 is 23.4. The van der Waals surface area contributed by atoms with Crippen LogP contribution in [0.5, 0.6) is 0 Å². The van der Waals surface area contributed by atoms with Gasteiger partial charge in [0.1, 0.15) is 0 Å². The van der Waals surface area contributed by atoms with Crippen molar-refractivity contribution in [3.05, 3.63) is 634 Å². The molecule has 3 aliphatic carbocycles. The molecule has 0 unspecified atom stereocenters. The molecule has 3 aliphatic rings. The first kappa shape index (κ1) is 92.9. The van der Waals surface area contributed by atoms with E-state index in [2.05, 4.69) is 453 Å². The Kier molecular flexibility index (Phi) is 23.9. The summed E-state index contributed by atoms with van der Waals surface area (Å²) in [6, 6.07) is 197. The van der Waals surface area contributed by atoms with Gasteiger partial charge in [-0.25, -0.2) is 4.85 Å². The van der Waals surface area contributed by atoms with Gasteiger partial charge in [-0.2, -0.15) is 10.5 Å². The van der Waals surface area contributed by atoms with Crippen LogP contribution in [0.15, 0.2) is 544 Å². The van der Waals surface area contributed by atoms with Crippen molar-refractivity contribution >= 4 is 134 Å². The lowest BCUT2D eigenvalue weighted by Crippen LogP contribution is -2.30. The first-order chi connectivity index (χ1) is 74.1. The number of rotatable bonds is 15. The van der Waals surface area contributed by atoms with Crippen molar-refractivity contribution in [2.24, 2.45) is 0 Å². The van der Waals surface area contributed by atoms with Gasteiger partial charge < -0.3 is 18.3 Å². The predicted molar refractivity (Wildman–Crippen MR) is 621 cm³/mol. The van der Waals surface area contributed by atoms with Crippen molar-refractivity contribution < 1.29 is 15.1 Å². The molecule has 9 nitrogen and oxygen atoms in total. The lowest BCUT2D eigenvalue weighted by Gasteiger charge is -2.34. The zero-order valence-electron chi connectivity index (χ0n) is 81.1. The molecule has 0 saturated carbocycles. The van der Waals surface area contributed by atoms with Crippen LogP contribution in [0.3, 0.4) is 0 Å². The van der Waals surface area contributed by atoms with Crippen molar-refractivity contribution in [2.75, 3.05) is 0 Å². The fraction of sp³-hybridized carbons (Fsp3) is 0.0217. The summed E-state index contributed by atoms with van der Waals surface area (Å²) in [7, 11) is -3.90. The van der Waals surface area contributed by atoms with Crippen LogP contribution in [0.4, 0.5) is 5.69 Å². The third-order valence-corrected chi connectivity index (χ3v) is 36.7. The molecule has 150 heavy (non-hydrogen) atoms. The van der Waals surface area contributed by atoms with Crippen molar-refractivity contribution in [3.8, 4) is 62.6 Å². The molecule has 0 aliphatic heterocycles. The Morgan fingerprint density at radius 2 is 0.493 bits per heavy atom. The molecule has 0 saturated heterocycles. The van der Waals surface area contributed by atoms with E-state index >= 15 is 4.57 Å². The average molecular weight is 2020 g/mol. The molecule has 0 amide bonds. The molecule has 0 radical (unpaired) electrons.